The highest BCUT2D eigenvalue weighted by atomic mass is 16.2. The highest BCUT2D eigenvalue weighted by molar-refractivity contribution is 5.76. The van der Waals surface area contributed by atoms with Crippen molar-refractivity contribution in [3.05, 3.63) is 36.2 Å². The van der Waals surface area contributed by atoms with Crippen LogP contribution in [0.3, 0.4) is 0 Å². The van der Waals surface area contributed by atoms with E-state index < -0.39 is 0 Å². The van der Waals surface area contributed by atoms with Gasteiger partial charge in [-0.1, -0.05) is 37.3 Å². The Labute approximate surface area is 131 Å². The monoisotopic (exact) mass is 298 g/mol. The summed E-state index contributed by atoms with van der Waals surface area (Å²) in [6.45, 7) is 6.08. The molecule has 0 aliphatic carbocycles. The molecular weight excluding hydrogens is 276 g/mol. The lowest BCUT2D eigenvalue weighted by Gasteiger charge is -2.30. The predicted molar refractivity (Wildman–Crippen MR) is 85.2 cm³/mol. The van der Waals surface area contributed by atoms with Crippen LogP contribution in [-0.4, -0.2) is 38.7 Å². The molecule has 1 saturated heterocycles. The van der Waals surface area contributed by atoms with Crippen molar-refractivity contribution in [3.63, 3.8) is 0 Å². The molecule has 1 aromatic carbocycles. The van der Waals surface area contributed by atoms with Crippen LogP contribution in [0.1, 0.15) is 25.6 Å². The number of piperidine rings is 1. The van der Waals surface area contributed by atoms with Gasteiger partial charge in [0.2, 0.25) is 5.91 Å². The molecule has 3 rings (SSSR count). The third-order valence-electron chi connectivity index (χ3n) is 4.23. The van der Waals surface area contributed by atoms with Gasteiger partial charge in [0.25, 0.3) is 0 Å². The molecule has 1 aromatic heterocycles. The maximum absolute atomic E-state index is 12.5. The number of aromatic nitrogens is 3. The number of rotatable bonds is 3. The number of benzene rings is 1. The first kappa shape index (κ1) is 14.8. The van der Waals surface area contributed by atoms with E-state index in [4.69, 9.17) is 0 Å². The van der Waals surface area contributed by atoms with Gasteiger partial charge in [-0.2, -0.15) is 5.10 Å². The topological polar surface area (TPSA) is 51.0 Å². The Morgan fingerprint density at radius 2 is 1.91 bits per heavy atom. The van der Waals surface area contributed by atoms with E-state index in [1.807, 2.05) is 42.2 Å². The van der Waals surface area contributed by atoms with Gasteiger partial charge in [0.1, 0.15) is 12.4 Å². The molecule has 0 unspecified atom stereocenters. The van der Waals surface area contributed by atoms with Gasteiger partial charge in [0.15, 0.2) is 5.82 Å². The molecule has 1 fully saturated rings. The van der Waals surface area contributed by atoms with Gasteiger partial charge in [-0.3, -0.25) is 4.79 Å². The largest absolute Gasteiger partial charge is 0.341 e. The first-order chi connectivity index (χ1) is 10.6. The summed E-state index contributed by atoms with van der Waals surface area (Å²) in [5.41, 5.74) is 0.989. The summed E-state index contributed by atoms with van der Waals surface area (Å²) in [4.78, 5) is 18.9. The Bertz CT molecular complexity index is 642. The number of carbonyl (C=O) groups is 1. The maximum atomic E-state index is 12.5. The van der Waals surface area contributed by atoms with Crippen molar-refractivity contribution >= 4 is 5.91 Å². The smallest absolute Gasteiger partial charge is 0.244 e. The van der Waals surface area contributed by atoms with Crippen LogP contribution in [-0.2, 0) is 11.3 Å². The highest BCUT2D eigenvalue weighted by Gasteiger charge is 2.22. The number of hydrogen-bond acceptors (Lipinski definition) is 3. The Balaban J connectivity index is 1.77. The Morgan fingerprint density at radius 1 is 1.23 bits per heavy atom. The normalized spacial score (nSPS) is 16.0. The predicted octanol–water partition coefficient (Wildman–Crippen LogP) is 2.51. The standard InChI is InChI=1S/C17H22N4O/c1-13-8-10-20(11-9-13)16(22)12-21-17(18-14(2)19-21)15-6-4-3-5-7-15/h3-7,13H,8-12H2,1-2H3. The summed E-state index contributed by atoms with van der Waals surface area (Å²) >= 11 is 0. The maximum Gasteiger partial charge on any atom is 0.244 e. The van der Waals surface area contributed by atoms with Crippen molar-refractivity contribution in [3.8, 4) is 11.4 Å². The minimum absolute atomic E-state index is 0.133. The molecule has 22 heavy (non-hydrogen) atoms. The SMILES string of the molecule is Cc1nc(-c2ccccc2)n(CC(=O)N2CCC(C)CC2)n1. The fraction of sp³-hybridized carbons (Fsp3) is 0.471. The van der Waals surface area contributed by atoms with Crippen LogP contribution in [0.4, 0.5) is 0 Å². The van der Waals surface area contributed by atoms with E-state index in [0.717, 1.165) is 43.2 Å². The number of amides is 1. The summed E-state index contributed by atoms with van der Waals surface area (Å²) < 4.78 is 1.73. The number of carbonyl (C=O) groups excluding carboxylic acids is 1. The number of nitrogens with zero attached hydrogens (tertiary/aromatic N) is 4. The molecule has 116 valence electrons. The summed E-state index contributed by atoms with van der Waals surface area (Å²) in [7, 11) is 0. The van der Waals surface area contributed by atoms with Crippen LogP contribution in [0.2, 0.25) is 0 Å². The zero-order chi connectivity index (χ0) is 15.5. The first-order valence-electron chi connectivity index (χ1n) is 7.88. The molecule has 0 spiro atoms. The van der Waals surface area contributed by atoms with Gasteiger partial charge in [-0.25, -0.2) is 9.67 Å². The lowest BCUT2D eigenvalue weighted by Crippen LogP contribution is -2.40. The first-order valence-corrected chi connectivity index (χ1v) is 7.88. The number of hydrogen-bond donors (Lipinski definition) is 0. The lowest BCUT2D eigenvalue weighted by atomic mass is 9.99. The van der Waals surface area contributed by atoms with Crippen LogP contribution < -0.4 is 0 Å². The molecule has 5 nitrogen and oxygen atoms in total. The van der Waals surface area contributed by atoms with E-state index in [9.17, 15) is 4.79 Å². The van der Waals surface area contributed by atoms with Gasteiger partial charge < -0.3 is 4.90 Å². The van der Waals surface area contributed by atoms with E-state index in [1.165, 1.54) is 0 Å². The average molecular weight is 298 g/mol. The van der Waals surface area contributed by atoms with Crippen molar-refractivity contribution in [1.82, 2.24) is 19.7 Å². The molecule has 0 saturated carbocycles. The summed E-state index contributed by atoms with van der Waals surface area (Å²) in [6.07, 6.45) is 2.18. The van der Waals surface area contributed by atoms with Gasteiger partial charge in [0.05, 0.1) is 0 Å². The Hall–Kier alpha value is -2.17. The summed E-state index contributed by atoms with van der Waals surface area (Å²) in [5, 5.41) is 4.39. The van der Waals surface area contributed by atoms with Crippen LogP contribution in [0.5, 0.6) is 0 Å². The molecule has 0 bridgehead atoms. The minimum Gasteiger partial charge on any atom is -0.341 e. The Kier molecular flexibility index (Phi) is 4.22. The van der Waals surface area contributed by atoms with Crippen molar-refractivity contribution < 1.29 is 4.79 Å². The second kappa shape index (κ2) is 6.30. The van der Waals surface area contributed by atoms with E-state index in [2.05, 4.69) is 17.0 Å². The molecule has 2 heterocycles. The molecule has 0 atom stereocenters. The zero-order valence-corrected chi connectivity index (χ0v) is 13.2. The third kappa shape index (κ3) is 3.18. The average Bonchev–Trinajstić information content (AvgIpc) is 2.89. The summed E-state index contributed by atoms with van der Waals surface area (Å²) in [5.74, 6) is 2.31. The van der Waals surface area contributed by atoms with Gasteiger partial charge >= 0.3 is 0 Å². The molecule has 0 radical (unpaired) electrons. The molecule has 0 N–H and O–H groups in total. The van der Waals surface area contributed by atoms with Gasteiger partial charge in [-0.05, 0) is 25.7 Å². The second-order valence-corrected chi connectivity index (χ2v) is 6.07. The lowest BCUT2D eigenvalue weighted by molar-refractivity contribution is -0.133. The molecule has 1 aliphatic heterocycles. The fourth-order valence-electron chi connectivity index (χ4n) is 2.85. The Morgan fingerprint density at radius 3 is 2.59 bits per heavy atom. The highest BCUT2D eigenvalue weighted by Crippen LogP contribution is 2.19. The van der Waals surface area contributed by atoms with Crippen molar-refractivity contribution in [2.24, 2.45) is 5.92 Å². The third-order valence-corrected chi connectivity index (χ3v) is 4.23. The molecule has 5 heteroatoms. The molecule has 2 aromatic rings. The van der Waals surface area contributed by atoms with Crippen LogP contribution in [0, 0.1) is 12.8 Å². The molecule has 1 amide bonds. The van der Waals surface area contributed by atoms with E-state index in [1.54, 1.807) is 4.68 Å². The molecule has 1 aliphatic rings. The van der Waals surface area contributed by atoms with Crippen molar-refractivity contribution in [1.29, 1.82) is 0 Å². The van der Waals surface area contributed by atoms with Crippen LogP contribution in [0.25, 0.3) is 11.4 Å². The molecular formula is C17H22N4O. The van der Waals surface area contributed by atoms with Crippen molar-refractivity contribution in [2.75, 3.05) is 13.1 Å². The van der Waals surface area contributed by atoms with Gasteiger partial charge in [0, 0.05) is 18.7 Å². The minimum atomic E-state index is 0.133. The zero-order valence-electron chi connectivity index (χ0n) is 13.2. The second-order valence-electron chi connectivity index (χ2n) is 6.07. The van der Waals surface area contributed by atoms with Crippen molar-refractivity contribution in [2.45, 2.75) is 33.2 Å². The number of aryl methyl sites for hydroxylation is 1. The van der Waals surface area contributed by atoms with Crippen LogP contribution >= 0.6 is 0 Å². The summed E-state index contributed by atoms with van der Waals surface area (Å²) in [6, 6.07) is 9.90. The van der Waals surface area contributed by atoms with Crippen LogP contribution in [0.15, 0.2) is 30.3 Å². The van der Waals surface area contributed by atoms with E-state index >= 15 is 0 Å². The van der Waals surface area contributed by atoms with Gasteiger partial charge in [-0.15, -0.1) is 0 Å². The van der Waals surface area contributed by atoms with E-state index in [-0.39, 0.29) is 12.5 Å². The number of likely N-dealkylation sites (tertiary alicyclic amines) is 1. The van der Waals surface area contributed by atoms with E-state index in [0.29, 0.717) is 5.82 Å². The fourth-order valence-corrected chi connectivity index (χ4v) is 2.85. The quantitative estimate of drug-likeness (QED) is 0.875.